The van der Waals surface area contributed by atoms with Gasteiger partial charge in [-0.25, -0.2) is 0 Å². The Morgan fingerprint density at radius 2 is 1.84 bits per heavy atom. The van der Waals surface area contributed by atoms with Crippen LogP contribution in [0.2, 0.25) is 0 Å². The quantitative estimate of drug-likeness (QED) is 0.429. The van der Waals surface area contributed by atoms with E-state index in [1.807, 2.05) is 0 Å². The highest BCUT2D eigenvalue weighted by Crippen LogP contribution is 2.52. The summed E-state index contributed by atoms with van der Waals surface area (Å²) in [5.41, 5.74) is 2.69. The maximum Gasteiger partial charge on any atom is 0.255 e. The number of fused-ring (bicyclic) bond motifs is 3. The van der Waals surface area contributed by atoms with Crippen LogP contribution in [0.3, 0.4) is 0 Å². The van der Waals surface area contributed by atoms with Crippen molar-refractivity contribution in [2.24, 2.45) is 17.6 Å². The average Bonchev–Trinajstić information content (AvgIpc) is 2.72. The third-order valence-corrected chi connectivity index (χ3v) is 6.83. The van der Waals surface area contributed by atoms with E-state index in [9.17, 15) is 39.6 Å². The Morgan fingerprint density at radius 1 is 1.16 bits per heavy atom. The molecular formula is C23H23NO8. The van der Waals surface area contributed by atoms with Gasteiger partial charge < -0.3 is 26.2 Å². The third kappa shape index (κ3) is 2.88. The van der Waals surface area contributed by atoms with Gasteiger partial charge in [0.05, 0.1) is 5.56 Å². The molecule has 1 fully saturated rings. The summed E-state index contributed by atoms with van der Waals surface area (Å²) in [5, 5.41) is 43.1. The Kier molecular flexibility index (Phi) is 4.97. The summed E-state index contributed by atoms with van der Waals surface area (Å²) in [6.07, 6.45) is 0.285. The zero-order valence-corrected chi connectivity index (χ0v) is 17.3. The highest BCUT2D eigenvalue weighted by Gasteiger charge is 2.60. The third-order valence-electron chi connectivity index (χ3n) is 6.83. The molecule has 0 aliphatic heterocycles. The molecule has 1 amide bonds. The number of Topliss-reactive ketones (excluding diaryl/α,β-unsaturated/α-hetero) is 3. The van der Waals surface area contributed by atoms with Crippen molar-refractivity contribution in [3.8, 4) is 5.75 Å². The van der Waals surface area contributed by atoms with Crippen LogP contribution in [-0.4, -0.2) is 49.3 Å². The smallest absolute Gasteiger partial charge is 0.255 e. The topological polar surface area (TPSA) is 175 Å². The molecule has 0 unspecified atom stereocenters. The number of benzene rings is 1. The molecule has 0 aromatic heterocycles. The van der Waals surface area contributed by atoms with Gasteiger partial charge in [-0.05, 0) is 36.0 Å². The van der Waals surface area contributed by atoms with Crippen LogP contribution in [0.5, 0.6) is 5.75 Å². The zero-order chi connectivity index (χ0) is 23.5. The van der Waals surface area contributed by atoms with Crippen LogP contribution in [0, 0.1) is 11.8 Å². The van der Waals surface area contributed by atoms with E-state index in [4.69, 9.17) is 5.73 Å². The van der Waals surface area contributed by atoms with Gasteiger partial charge in [0.25, 0.3) is 5.91 Å². The minimum Gasteiger partial charge on any atom is -0.508 e. The number of primary amides is 1. The van der Waals surface area contributed by atoms with Crippen molar-refractivity contribution in [1.29, 1.82) is 0 Å². The summed E-state index contributed by atoms with van der Waals surface area (Å²) in [5.74, 6) is -6.70. The van der Waals surface area contributed by atoms with Gasteiger partial charge in [0.2, 0.25) is 5.78 Å². The van der Waals surface area contributed by atoms with Crippen LogP contribution in [0.25, 0.3) is 5.76 Å². The van der Waals surface area contributed by atoms with Crippen LogP contribution in [-0.2, 0) is 32.0 Å². The second-order valence-corrected chi connectivity index (χ2v) is 8.57. The fourth-order valence-corrected chi connectivity index (χ4v) is 5.19. The highest BCUT2D eigenvalue weighted by atomic mass is 16.3. The first-order valence-corrected chi connectivity index (χ1v) is 10.3. The lowest BCUT2D eigenvalue weighted by Gasteiger charge is -2.46. The molecule has 4 rings (SSSR count). The van der Waals surface area contributed by atoms with E-state index in [2.05, 4.69) is 0 Å². The average molecular weight is 441 g/mol. The summed E-state index contributed by atoms with van der Waals surface area (Å²) in [4.78, 5) is 49.4. The van der Waals surface area contributed by atoms with E-state index in [1.165, 1.54) is 6.07 Å². The zero-order valence-electron chi connectivity index (χ0n) is 17.3. The molecule has 1 saturated carbocycles. The number of phenols is 1. The number of ketones is 3. The molecule has 3 atom stereocenters. The molecule has 1 aromatic carbocycles. The van der Waals surface area contributed by atoms with Gasteiger partial charge in [-0.2, -0.15) is 0 Å². The van der Waals surface area contributed by atoms with Gasteiger partial charge in [0.1, 0.15) is 28.6 Å². The van der Waals surface area contributed by atoms with E-state index < -0.39 is 52.0 Å². The molecule has 0 heterocycles. The first-order valence-electron chi connectivity index (χ1n) is 10.3. The molecule has 0 bridgehead atoms. The first kappa shape index (κ1) is 21.8. The number of amides is 1. The molecule has 9 heteroatoms. The predicted octanol–water partition coefficient (Wildman–Crippen LogP) is 0.946. The molecule has 3 aliphatic rings. The molecule has 3 aliphatic carbocycles. The van der Waals surface area contributed by atoms with Crippen LogP contribution >= 0.6 is 0 Å². The van der Waals surface area contributed by atoms with E-state index in [0.29, 0.717) is 17.5 Å². The fourth-order valence-electron chi connectivity index (χ4n) is 5.19. The Morgan fingerprint density at radius 3 is 2.47 bits per heavy atom. The number of carbonyl (C=O) groups is 4. The van der Waals surface area contributed by atoms with Gasteiger partial charge in [-0.3, -0.25) is 19.2 Å². The largest absolute Gasteiger partial charge is 0.508 e. The maximum absolute atomic E-state index is 13.4. The van der Waals surface area contributed by atoms with Crippen molar-refractivity contribution in [2.45, 2.75) is 44.6 Å². The molecule has 0 spiro atoms. The fraction of sp³-hybridized carbons (Fsp3) is 0.391. The lowest BCUT2D eigenvalue weighted by atomic mass is 9.59. The molecule has 0 radical (unpaired) electrons. The highest BCUT2D eigenvalue weighted by molar-refractivity contribution is 6.22. The summed E-state index contributed by atoms with van der Waals surface area (Å²) < 4.78 is 0. The number of aliphatic hydroxyl groups is 3. The maximum atomic E-state index is 13.4. The summed E-state index contributed by atoms with van der Waals surface area (Å²) >= 11 is 0. The number of aromatic hydroxyl groups is 1. The second kappa shape index (κ2) is 7.30. The number of nitrogens with two attached hydrogens (primary N) is 1. The van der Waals surface area contributed by atoms with E-state index in [0.717, 1.165) is 0 Å². The van der Waals surface area contributed by atoms with Crippen molar-refractivity contribution in [3.63, 3.8) is 0 Å². The van der Waals surface area contributed by atoms with Crippen molar-refractivity contribution in [1.82, 2.24) is 0 Å². The van der Waals surface area contributed by atoms with Crippen molar-refractivity contribution in [2.75, 3.05) is 0 Å². The number of carbonyl (C=O) groups excluding carboxylic acids is 4. The van der Waals surface area contributed by atoms with Crippen LogP contribution in [0.1, 0.15) is 42.9 Å². The van der Waals surface area contributed by atoms with Gasteiger partial charge in [-0.1, -0.05) is 13.0 Å². The molecular weight excluding hydrogens is 418 g/mol. The monoisotopic (exact) mass is 441 g/mol. The van der Waals surface area contributed by atoms with E-state index >= 15 is 0 Å². The minimum atomic E-state index is -2.58. The molecule has 32 heavy (non-hydrogen) atoms. The summed E-state index contributed by atoms with van der Waals surface area (Å²) in [6, 6.07) is 2.92. The Balaban J connectivity index is 1.90. The number of aliphatic hydroxyl groups excluding tert-OH is 2. The van der Waals surface area contributed by atoms with Gasteiger partial charge >= 0.3 is 0 Å². The minimum absolute atomic E-state index is 0.00136. The first-order chi connectivity index (χ1) is 15.0. The van der Waals surface area contributed by atoms with Gasteiger partial charge in [0.15, 0.2) is 11.4 Å². The van der Waals surface area contributed by atoms with Crippen LogP contribution < -0.4 is 5.73 Å². The number of hydrogen-bond donors (Lipinski definition) is 5. The SMILES string of the molecule is CCC(=O)Cc1ccc(O)c2c1C[C@H]1C[C@H]3CC(=O)C(C(N)=O)=C(O)[C@@]3(O)C(=O)C1=C2O. The number of hydrogen-bond acceptors (Lipinski definition) is 8. The molecule has 9 nitrogen and oxygen atoms in total. The number of rotatable bonds is 4. The Hall–Kier alpha value is -3.46. The summed E-state index contributed by atoms with van der Waals surface area (Å²) in [6.45, 7) is 1.73. The van der Waals surface area contributed by atoms with Gasteiger partial charge in [-0.15, -0.1) is 0 Å². The van der Waals surface area contributed by atoms with E-state index in [1.54, 1.807) is 13.0 Å². The molecule has 0 saturated heterocycles. The van der Waals surface area contributed by atoms with Crippen LogP contribution in [0.4, 0.5) is 0 Å². The lowest BCUT2D eigenvalue weighted by molar-refractivity contribution is -0.147. The Labute approximate surface area is 182 Å². The number of phenolic OH excluding ortho intramolecular Hbond substituents is 1. The van der Waals surface area contributed by atoms with Gasteiger partial charge in [0, 0.05) is 30.8 Å². The molecule has 6 N–H and O–H groups in total. The van der Waals surface area contributed by atoms with Crippen molar-refractivity contribution in [3.05, 3.63) is 45.7 Å². The predicted molar refractivity (Wildman–Crippen MR) is 110 cm³/mol. The lowest BCUT2D eigenvalue weighted by Crippen LogP contribution is -2.58. The van der Waals surface area contributed by atoms with Crippen molar-refractivity contribution < 1.29 is 39.6 Å². The van der Waals surface area contributed by atoms with E-state index in [-0.39, 0.29) is 48.4 Å². The standard InChI is InChI=1S/C23H23NO8/c1-2-12(25)6-9-3-4-14(26)17-13(9)7-10-5-11-8-15(27)18(22(24)31)21(30)23(11,32)20(29)16(10)19(17)28/h3-4,10-11,26,28,30,32H,2,5-8H2,1H3,(H2,24,31)/t10-,11+,23+/m1/s1. The Bertz CT molecular complexity index is 1160. The van der Waals surface area contributed by atoms with Crippen LogP contribution in [0.15, 0.2) is 29.0 Å². The molecule has 1 aromatic rings. The second-order valence-electron chi connectivity index (χ2n) is 8.57. The molecule has 168 valence electrons. The van der Waals surface area contributed by atoms with Crippen molar-refractivity contribution >= 4 is 29.0 Å². The summed E-state index contributed by atoms with van der Waals surface area (Å²) in [7, 11) is 0. The normalized spacial score (nSPS) is 27.1.